The fraction of sp³-hybridized carbons (Fsp3) is 0.818. The van der Waals surface area contributed by atoms with E-state index in [0.717, 1.165) is 38.6 Å². The predicted molar refractivity (Wildman–Crippen MR) is 62.0 cm³/mol. The van der Waals surface area contributed by atoms with Crippen LogP contribution in [0.3, 0.4) is 0 Å². The predicted octanol–water partition coefficient (Wildman–Crippen LogP) is 0.829. The average Bonchev–Trinajstić information content (AvgIpc) is 2.21. The summed E-state index contributed by atoms with van der Waals surface area (Å²) in [5, 5.41) is 8.50. The van der Waals surface area contributed by atoms with E-state index in [0.29, 0.717) is 6.42 Å². The second-order valence-corrected chi connectivity index (χ2v) is 3.95. The Morgan fingerprint density at radius 3 is 2.25 bits per heavy atom. The standard InChI is InChI=1S/C11H22N2O3/c1-13(9-11(15)16)10(14)7-5-3-2-4-6-8-12/h2-9,12H2,1H3,(H,15,16). The molecule has 0 heterocycles. The summed E-state index contributed by atoms with van der Waals surface area (Å²) in [5.41, 5.74) is 5.36. The van der Waals surface area contributed by atoms with Crippen LogP contribution >= 0.6 is 0 Å². The molecule has 0 aromatic heterocycles. The van der Waals surface area contributed by atoms with Gasteiger partial charge in [-0.25, -0.2) is 0 Å². The minimum atomic E-state index is -0.973. The van der Waals surface area contributed by atoms with Gasteiger partial charge in [0.2, 0.25) is 5.91 Å². The Labute approximate surface area is 96.6 Å². The van der Waals surface area contributed by atoms with Gasteiger partial charge < -0.3 is 15.7 Å². The Kier molecular flexibility index (Phi) is 8.52. The summed E-state index contributed by atoms with van der Waals surface area (Å²) in [6.45, 7) is 0.506. The zero-order valence-electron chi connectivity index (χ0n) is 9.95. The summed E-state index contributed by atoms with van der Waals surface area (Å²) in [4.78, 5) is 23.0. The highest BCUT2D eigenvalue weighted by Crippen LogP contribution is 2.06. The SMILES string of the molecule is CN(CC(=O)O)C(=O)CCCCCCCN. The number of carboxylic acids is 1. The summed E-state index contributed by atoms with van der Waals surface area (Å²) in [6.07, 6.45) is 5.50. The van der Waals surface area contributed by atoms with Crippen molar-refractivity contribution in [2.45, 2.75) is 38.5 Å². The number of amides is 1. The second-order valence-electron chi connectivity index (χ2n) is 3.95. The molecular formula is C11H22N2O3. The van der Waals surface area contributed by atoms with Crippen LogP contribution in [0.2, 0.25) is 0 Å². The number of carbonyl (C=O) groups is 2. The molecule has 0 saturated carbocycles. The van der Waals surface area contributed by atoms with E-state index >= 15 is 0 Å². The molecular weight excluding hydrogens is 208 g/mol. The van der Waals surface area contributed by atoms with Gasteiger partial charge in [-0.1, -0.05) is 19.3 Å². The lowest BCUT2D eigenvalue weighted by Crippen LogP contribution is -2.31. The number of rotatable bonds is 9. The van der Waals surface area contributed by atoms with E-state index < -0.39 is 5.97 Å². The van der Waals surface area contributed by atoms with Crippen LogP contribution in [0.5, 0.6) is 0 Å². The zero-order valence-corrected chi connectivity index (χ0v) is 9.95. The average molecular weight is 230 g/mol. The molecule has 0 rings (SSSR count). The van der Waals surface area contributed by atoms with E-state index in [1.165, 1.54) is 11.9 Å². The van der Waals surface area contributed by atoms with Crippen molar-refractivity contribution in [2.24, 2.45) is 5.73 Å². The molecule has 0 aliphatic heterocycles. The van der Waals surface area contributed by atoms with Gasteiger partial charge in [0.1, 0.15) is 6.54 Å². The maximum absolute atomic E-state index is 11.4. The minimum Gasteiger partial charge on any atom is -0.480 e. The van der Waals surface area contributed by atoms with E-state index in [2.05, 4.69) is 0 Å². The molecule has 0 fully saturated rings. The fourth-order valence-corrected chi connectivity index (χ4v) is 1.43. The second kappa shape index (κ2) is 9.15. The van der Waals surface area contributed by atoms with Gasteiger partial charge in [-0.15, -0.1) is 0 Å². The molecule has 1 amide bonds. The molecule has 94 valence electrons. The Hall–Kier alpha value is -1.10. The summed E-state index contributed by atoms with van der Waals surface area (Å²) in [5.74, 6) is -1.07. The Morgan fingerprint density at radius 1 is 1.12 bits per heavy atom. The number of hydrogen-bond donors (Lipinski definition) is 2. The van der Waals surface area contributed by atoms with Crippen molar-refractivity contribution in [2.75, 3.05) is 20.1 Å². The first-order chi connectivity index (χ1) is 7.57. The normalized spacial score (nSPS) is 10.1. The minimum absolute atomic E-state index is 0.0961. The lowest BCUT2D eigenvalue weighted by molar-refractivity contribution is -0.143. The Balaban J connectivity index is 3.46. The highest BCUT2D eigenvalue weighted by Gasteiger charge is 2.10. The van der Waals surface area contributed by atoms with Crippen molar-refractivity contribution in [3.63, 3.8) is 0 Å². The van der Waals surface area contributed by atoms with Crippen molar-refractivity contribution < 1.29 is 14.7 Å². The van der Waals surface area contributed by atoms with Crippen molar-refractivity contribution >= 4 is 11.9 Å². The van der Waals surface area contributed by atoms with Gasteiger partial charge in [0.15, 0.2) is 0 Å². The summed E-state index contributed by atoms with van der Waals surface area (Å²) in [7, 11) is 1.52. The van der Waals surface area contributed by atoms with Gasteiger partial charge in [-0.3, -0.25) is 9.59 Å². The Bertz CT molecular complexity index is 219. The molecule has 0 saturated heterocycles. The molecule has 0 bridgehead atoms. The first-order valence-corrected chi connectivity index (χ1v) is 5.73. The van der Waals surface area contributed by atoms with Crippen LogP contribution in [0.25, 0.3) is 0 Å². The van der Waals surface area contributed by atoms with Crippen molar-refractivity contribution in [3.05, 3.63) is 0 Å². The molecule has 3 N–H and O–H groups in total. The molecule has 0 radical (unpaired) electrons. The summed E-state index contributed by atoms with van der Waals surface area (Å²) in [6, 6.07) is 0. The monoisotopic (exact) mass is 230 g/mol. The number of unbranched alkanes of at least 4 members (excludes halogenated alkanes) is 4. The fourth-order valence-electron chi connectivity index (χ4n) is 1.43. The molecule has 5 heteroatoms. The van der Waals surface area contributed by atoms with E-state index in [-0.39, 0.29) is 12.5 Å². The number of nitrogens with zero attached hydrogens (tertiary/aromatic N) is 1. The number of aliphatic carboxylic acids is 1. The van der Waals surface area contributed by atoms with Gasteiger partial charge in [0, 0.05) is 13.5 Å². The molecule has 0 atom stereocenters. The number of likely N-dealkylation sites (N-methyl/N-ethyl adjacent to an activating group) is 1. The lowest BCUT2D eigenvalue weighted by atomic mass is 10.1. The highest BCUT2D eigenvalue weighted by molar-refractivity contribution is 5.80. The highest BCUT2D eigenvalue weighted by atomic mass is 16.4. The van der Waals surface area contributed by atoms with E-state index in [9.17, 15) is 9.59 Å². The van der Waals surface area contributed by atoms with Crippen LogP contribution < -0.4 is 5.73 Å². The third-order valence-corrected chi connectivity index (χ3v) is 2.39. The lowest BCUT2D eigenvalue weighted by Gasteiger charge is -2.14. The van der Waals surface area contributed by atoms with E-state index in [4.69, 9.17) is 10.8 Å². The first kappa shape index (κ1) is 14.9. The summed E-state index contributed by atoms with van der Waals surface area (Å²) >= 11 is 0. The number of hydrogen-bond acceptors (Lipinski definition) is 3. The smallest absolute Gasteiger partial charge is 0.323 e. The number of carboxylic acid groups (broad SMARTS) is 1. The van der Waals surface area contributed by atoms with Crippen LogP contribution in [0.1, 0.15) is 38.5 Å². The van der Waals surface area contributed by atoms with Gasteiger partial charge in [-0.2, -0.15) is 0 Å². The van der Waals surface area contributed by atoms with Crippen molar-refractivity contribution in [3.8, 4) is 0 Å². The maximum atomic E-state index is 11.4. The largest absolute Gasteiger partial charge is 0.480 e. The molecule has 0 spiro atoms. The van der Waals surface area contributed by atoms with Crippen LogP contribution in [0, 0.1) is 0 Å². The van der Waals surface area contributed by atoms with Crippen LogP contribution in [-0.4, -0.2) is 42.0 Å². The molecule has 0 aromatic rings. The first-order valence-electron chi connectivity index (χ1n) is 5.73. The van der Waals surface area contributed by atoms with E-state index in [1.807, 2.05) is 0 Å². The van der Waals surface area contributed by atoms with Gasteiger partial charge in [-0.05, 0) is 19.4 Å². The topological polar surface area (TPSA) is 83.6 Å². The maximum Gasteiger partial charge on any atom is 0.323 e. The summed E-state index contributed by atoms with van der Waals surface area (Å²) < 4.78 is 0. The number of carbonyl (C=O) groups excluding carboxylic acids is 1. The molecule has 5 nitrogen and oxygen atoms in total. The molecule has 0 unspecified atom stereocenters. The molecule has 0 aromatic carbocycles. The zero-order chi connectivity index (χ0) is 12.4. The third kappa shape index (κ3) is 8.23. The van der Waals surface area contributed by atoms with Crippen LogP contribution in [-0.2, 0) is 9.59 Å². The van der Waals surface area contributed by atoms with E-state index in [1.54, 1.807) is 0 Å². The van der Waals surface area contributed by atoms with Gasteiger partial charge >= 0.3 is 5.97 Å². The van der Waals surface area contributed by atoms with Crippen molar-refractivity contribution in [1.82, 2.24) is 4.90 Å². The Morgan fingerprint density at radius 2 is 1.69 bits per heavy atom. The third-order valence-electron chi connectivity index (χ3n) is 2.39. The van der Waals surface area contributed by atoms with Crippen LogP contribution in [0.15, 0.2) is 0 Å². The molecule has 0 aliphatic carbocycles. The van der Waals surface area contributed by atoms with Crippen molar-refractivity contribution in [1.29, 1.82) is 0 Å². The number of nitrogens with two attached hydrogens (primary N) is 1. The molecule has 0 aliphatic rings. The van der Waals surface area contributed by atoms with Crippen LogP contribution in [0.4, 0.5) is 0 Å². The quantitative estimate of drug-likeness (QED) is 0.575. The van der Waals surface area contributed by atoms with Gasteiger partial charge in [0.25, 0.3) is 0 Å². The van der Waals surface area contributed by atoms with Gasteiger partial charge in [0.05, 0.1) is 0 Å². The molecule has 16 heavy (non-hydrogen) atoms.